The summed E-state index contributed by atoms with van der Waals surface area (Å²) in [5.74, 6) is 0. The van der Waals surface area contributed by atoms with Crippen molar-refractivity contribution in [3.63, 3.8) is 0 Å². The predicted octanol–water partition coefficient (Wildman–Crippen LogP) is 12.4. The zero-order chi connectivity index (χ0) is 49.3. The van der Waals surface area contributed by atoms with Crippen molar-refractivity contribution in [2.75, 3.05) is 49.5 Å². The number of aliphatic hydroxyl groups is 2. The number of nitrogens with zero attached hydrogens (tertiary/aromatic N) is 6. The van der Waals surface area contributed by atoms with Gasteiger partial charge in [-0.05, 0) is 86.1 Å². The summed E-state index contributed by atoms with van der Waals surface area (Å²) in [4.78, 5) is 4.19. The molecule has 0 saturated heterocycles. The van der Waals surface area contributed by atoms with Crippen LogP contribution in [0.25, 0.3) is 26.4 Å². The summed E-state index contributed by atoms with van der Waals surface area (Å²) in [5.41, 5.74) is 28.1. The monoisotopic (exact) mass is 1640 g/mol. The summed E-state index contributed by atoms with van der Waals surface area (Å²) >= 11 is 6.41. The van der Waals surface area contributed by atoms with Crippen molar-refractivity contribution in [3.8, 4) is 0 Å². The summed E-state index contributed by atoms with van der Waals surface area (Å²) in [6.07, 6.45) is 9.73. The van der Waals surface area contributed by atoms with Crippen LogP contribution in [-0.4, -0.2) is 76.6 Å². The molecule has 0 fully saturated rings. The van der Waals surface area contributed by atoms with Crippen LogP contribution in [0.2, 0.25) is 0 Å². The van der Waals surface area contributed by atoms with E-state index in [4.69, 9.17) is 26.8 Å². The molecule has 421 valence electrons. The second-order valence-corrected chi connectivity index (χ2v) is 19.4. The Morgan fingerprint density at radius 1 is 0.519 bits per heavy atom. The van der Waals surface area contributed by atoms with Gasteiger partial charge in [-0.25, -0.2) is 8.42 Å². The van der Waals surface area contributed by atoms with Gasteiger partial charge in [0.05, 0.1) is 25.7 Å². The molecule has 0 aliphatic heterocycles. The molecular weight excluding hydrogens is 1560 g/mol. The molecule has 0 aliphatic carbocycles. The number of alkyl halides is 2. The van der Waals surface area contributed by atoms with Crippen molar-refractivity contribution >= 4 is 61.7 Å². The SMILES string of the molecule is BrCCCc1ccccc1.C.CS(=O)(=O)Cl.CS(=O)(=O)OCCCc1ccccc1.Cc1ccccc1.OCCBr.OCCCc1ccccc1.[CH3-].[CH3-].[CH3-].[CH3-].[CH3-].[N-]=[N+]=NCCCc1ccccc1.[N-]=[N+]=[N-].[Na+].[Y].[Y].[Y].[Y].[Y]. The van der Waals surface area contributed by atoms with E-state index in [9.17, 15) is 16.8 Å². The van der Waals surface area contributed by atoms with Gasteiger partial charge in [-0.2, -0.15) is 8.42 Å². The molecular formula is C53H83Br2ClN6NaO7S2Y5-5. The van der Waals surface area contributed by atoms with Gasteiger partial charge in [-0.1, -0.05) is 202 Å². The van der Waals surface area contributed by atoms with E-state index < -0.39 is 19.2 Å². The van der Waals surface area contributed by atoms with Crippen molar-refractivity contribution < 1.29 is 224 Å². The Bertz CT molecular complexity index is 2080. The Hall–Kier alpha value is 2.27. The van der Waals surface area contributed by atoms with Gasteiger partial charge in [-0.15, -0.1) is 0 Å². The van der Waals surface area contributed by atoms with E-state index in [0.717, 1.165) is 56.4 Å². The number of hydrogen-bond donors (Lipinski definition) is 2. The van der Waals surface area contributed by atoms with E-state index in [1.807, 2.05) is 84.9 Å². The van der Waals surface area contributed by atoms with E-state index in [2.05, 4.69) is 130 Å². The molecule has 5 aromatic rings. The Morgan fingerprint density at radius 3 is 1.00 bits per heavy atom. The smallest absolute Gasteiger partial charge is 0.396 e. The van der Waals surface area contributed by atoms with Crippen LogP contribution in [0.4, 0.5) is 0 Å². The van der Waals surface area contributed by atoms with Gasteiger partial charge in [0.2, 0.25) is 9.05 Å². The van der Waals surface area contributed by atoms with Crippen molar-refractivity contribution in [1.82, 2.24) is 0 Å². The molecule has 0 spiro atoms. The van der Waals surface area contributed by atoms with Crippen molar-refractivity contribution in [2.45, 2.75) is 65.7 Å². The van der Waals surface area contributed by atoms with Crippen LogP contribution in [0.3, 0.4) is 0 Å². The van der Waals surface area contributed by atoms with Crippen LogP contribution < -0.4 is 29.6 Å². The maximum absolute atomic E-state index is 10.6. The minimum atomic E-state index is -3.28. The van der Waals surface area contributed by atoms with Crippen molar-refractivity contribution in [1.29, 1.82) is 0 Å². The number of hydrogen-bond acceptors (Lipinski definition) is 8. The molecule has 13 nitrogen and oxygen atoms in total. The second kappa shape index (κ2) is 89.5. The number of aliphatic hydroxyl groups excluding tert-OH is 2. The van der Waals surface area contributed by atoms with E-state index in [0.29, 0.717) is 11.9 Å². The Balaban J connectivity index is -0.0000000443. The standard InChI is InChI=1S/C10H14O3S.C9H11Br.C9H11N3.C9H12O.C7H8.C2H5BrO.CH3ClO2S.CH4.5CH3.N3.Na.5Y/c1-14(11,12)13-9-5-8-10-6-3-2-4-7-10;10-8-4-7-9-5-2-1-3-6-9;10-12-11-8-4-7-9-5-2-1-3-6-9;10-8-4-7-9-5-2-1-3-6-9;1-7-5-3-2-4-6-7;3-1-2-4;1-5(2,3)4;;;;;;;1-3-2;;;;;;/h2-4,6-7H,5,8-9H2,1H3;1-3,5-6H,4,7-8H2;1-3,5-6H,4,7-8H2;1-3,5-6,10H,4,7-8H2;2-6H,1H3;4H,1-2H2;1H3;1H4;5*1H3;;;;;;;/q;;;;;;;;6*-1;+1;;;;;. The molecule has 24 heteroatoms. The third-order valence-corrected chi connectivity index (χ3v) is 8.82. The predicted molar refractivity (Wildman–Crippen MR) is 316 cm³/mol. The summed E-state index contributed by atoms with van der Waals surface area (Å²) in [5, 5.41) is 21.6. The Morgan fingerprint density at radius 2 is 0.779 bits per heavy atom. The number of rotatable bonds is 16. The van der Waals surface area contributed by atoms with Crippen LogP contribution in [0, 0.1) is 44.1 Å². The minimum Gasteiger partial charge on any atom is -0.396 e. The normalized spacial score (nSPS) is 8.05. The average molecular weight is 1640 g/mol. The average Bonchev–Trinajstić information content (AvgIpc) is 3.30. The molecule has 0 saturated carbocycles. The first kappa shape index (κ1) is 118. The topological polar surface area (TPSA) is 225 Å². The van der Waals surface area contributed by atoms with Crippen LogP contribution in [0.5, 0.6) is 0 Å². The largest absolute Gasteiger partial charge is 1.00 e. The molecule has 0 unspecified atom stereocenters. The first-order valence-electron chi connectivity index (χ1n) is 20.3. The number of benzene rings is 5. The van der Waals surface area contributed by atoms with Crippen molar-refractivity contribution in [2.24, 2.45) is 5.11 Å². The molecule has 0 aliphatic rings. The van der Waals surface area contributed by atoms with E-state index in [1.165, 1.54) is 45.6 Å². The number of aryl methyl sites for hydroxylation is 5. The third kappa shape index (κ3) is 107. The summed E-state index contributed by atoms with van der Waals surface area (Å²) in [6, 6.07) is 51.1. The maximum Gasteiger partial charge on any atom is 1.00 e. The summed E-state index contributed by atoms with van der Waals surface area (Å²) in [6.45, 7) is 3.45. The fourth-order valence-electron chi connectivity index (χ4n) is 4.55. The van der Waals surface area contributed by atoms with Crippen LogP contribution in [-0.2, 0) is 213 Å². The zero-order valence-electron chi connectivity index (χ0n) is 46.3. The first-order valence-corrected chi connectivity index (χ1v) is 27.1. The van der Waals surface area contributed by atoms with Gasteiger partial charge in [0, 0.05) is 203 Å². The summed E-state index contributed by atoms with van der Waals surface area (Å²) in [7, 11) is -1.97. The van der Waals surface area contributed by atoms with Gasteiger partial charge >= 0.3 is 29.6 Å². The molecule has 2 N–H and O–H groups in total. The third-order valence-electron chi connectivity index (χ3n) is 7.31. The number of halogens is 3. The van der Waals surface area contributed by atoms with Crippen molar-refractivity contribution in [3.05, 3.63) is 243 Å². The molecule has 77 heavy (non-hydrogen) atoms. The molecule has 0 aromatic heterocycles. The Kier molecular flexibility index (Phi) is 137. The van der Waals surface area contributed by atoms with E-state index in [-0.39, 0.29) is 257 Å². The second-order valence-electron chi connectivity index (χ2n) is 13.1. The Labute approximate surface area is 638 Å². The molecule has 0 heterocycles. The zero-order valence-corrected chi connectivity index (χ0v) is 68.0. The number of azide groups is 1. The minimum absolute atomic E-state index is 0. The van der Waals surface area contributed by atoms with Gasteiger partial charge in [0.25, 0.3) is 10.1 Å². The fourth-order valence-corrected chi connectivity index (χ4v) is 5.25. The maximum atomic E-state index is 10.6. The fraction of sp³-hybridized carbons (Fsp3) is 0.340. The van der Waals surface area contributed by atoms with E-state index >= 15 is 0 Å². The van der Waals surface area contributed by atoms with E-state index in [1.54, 1.807) is 0 Å². The van der Waals surface area contributed by atoms with Crippen LogP contribution in [0.1, 0.15) is 60.9 Å². The van der Waals surface area contributed by atoms with Gasteiger partial charge in [-0.3, -0.25) is 9.09 Å². The van der Waals surface area contributed by atoms with Gasteiger partial charge in [0.1, 0.15) is 0 Å². The molecule has 5 radical (unpaired) electrons. The van der Waals surface area contributed by atoms with Crippen LogP contribution in [0.15, 0.2) is 157 Å². The first-order chi connectivity index (χ1) is 31.1. The van der Waals surface area contributed by atoms with Crippen LogP contribution >= 0.6 is 42.5 Å². The summed E-state index contributed by atoms with van der Waals surface area (Å²) < 4.78 is 44.7. The van der Waals surface area contributed by atoms with Gasteiger partial charge in [0.15, 0.2) is 0 Å². The molecule has 0 amide bonds. The quantitative estimate of drug-likeness (QED) is 0.0112. The van der Waals surface area contributed by atoms with Gasteiger partial charge < -0.3 is 58.4 Å². The molecule has 5 aromatic carbocycles. The molecule has 5 rings (SSSR count). The molecule has 0 atom stereocenters. The molecule has 0 bridgehead atoms.